The third kappa shape index (κ3) is 4.33. The van der Waals surface area contributed by atoms with Gasteiger partial charge in [-0.1, -0.05) is 11.6 Å². The van der Waals surface area contributed by atoms with Crippen LogP contribution in [-0.2, 0) is 10.9 Å². The summed E-state index contributed by atoms with van der Waals surface area (Å²) >= 11 is 6.38. The van der Waals surface area contributed by atoms with Crippen LogP contribution in [0.25, 0.3) is 0 Å². The van der Waals surface area contributed by atoms with Crippen LogP contribution in [0.1, 0.15) is 5.56 Å². The summed E-state index contributed by atoms with van der Waals surface area (Å²) in [6, 6.07) is 3.39. The lowest BCUT2D eigenvalue weighted by Crippen LogP contribution is -2.36. The lowest BCUT2D eigenvalue weighted by molar-refractivity contribution is -0.137. The van der Waals surface area contributed by atoms with Crippen molar-refractivity contribution in [1.29, 1.82) is 0 Å². The number of benzene rings is 1. The number of aromatic nitrogens is 2. The normalized spacial score (nSPS) is 14.7. The van der Waals surface area contributed by atoms with E-state index < -0.39 is 11.7 Å². The summed E-state index contributed by atoms with van der Waals surface area (Å²) in [6.45, 7) is 2.61. The molecule has 0 spiro atoms. The molecule has 2 N–H and O–H groups in total. The summed E-state index contributed by atoms with van der Waals surface area (Å²) < 4.78 is 49.8. The van der Waals surface area contributed by atoms with E-state index in [2.05, 4.69) is 25.5 Å². The second-order valence-electron chi connectivity index (χ2n) is 5.93. The van der Waals surface area contributed by atoms with E-state index in [-0.39, 0.29) is 11.8 Å². The zero-order valence-corrected chi connectivity index (χ0v) is 16.0. The van der Waals surface area contributed by atoms with Gasteiger partial charge in [-0.3, -0.25) is 0 Å². The van der Waals surface area contributed by atoms with Gasteiger partial charge in [-0.25, -0.2) is 4.98 Å². The van der Waals surface area contributed by atoms with Crippen LogP contribution >= 0.6 is 11.6 Å². The molecule has 152 valence electrons. The average Bonchev–Trinajstić information content (AvgIpc) is 2.69. The number of hydrogen-bond acceptors (Lipinski definition) is 7. The molecule has 1 fully saturated rings. The summed E-state index contributed by atoms with van der Waals surface area (Å²) in [7, 11) is 2.89. The van der Waals surface area contributed by atoms with E-state index in [0.717, 1.165) is 5.69 Å². The first-order chi connectivity index (χ1) is 13.3. The Hall–Kier alpha value is -2.46. The van der Waals surface area contributed by atoms with Crippen LogP contribution in [0.2, 0.25) is 5.02 Å². The average molecular weight is 418 g/mol. The van der Waals surface area contributed by atoms with Gasteiger partial charge in [0.2, 0.25) is 5.95 Å². The molecule has 1 aliphatic heterocycles. The molecular formula is C17H19ClF3N5O2. The Kier molecular flexibility index (Phi) is 5.99. The van der Waals surface area contributed by atoms with Gasteiger partial charge in [0.05, 0.1) is 36.7 Å². The zero-order valence-electron chi connectivity index (χ0n) is 15.2. The quantitative estimate of drug-likeness (QED) is 0.767. The molecule has 28 heavy (non-hydrogen) atoms. The van der Waals surface area contributed by atoms with Crippen molar-refractivity contribution in [3.05, 3.63) is 28.9 Å². The third-order valence-corrected chi connectivity index (χ3v) is 4.51. The summed E-state index contributed by atoms with van der Waals surface area (Å²) in [5.74, 6) is 0.202. The molecule has 0 unspecified atom stereocenters. The maximum Gasteiger partial charge on any atom is 0.421 e. The number of methoxy groups -OCH3 is 1. The number of hydrogen-bond donors (Lipinski definition) is 2. The Morgan fingerprint density at radius 1 is 1.25 bits per heavy atom. The Bertz CT molecular complexity index is 844. The van der Waals surface area contributed by atoms with Crippen molar-refractivity contribution >= 4 is 34.7 Å². The molecular weight excluding hydrogens is 399 g/mol. The second-order valence-corrected chi connectivity index (χ2v) is 6.34. The van der Waals surface area contributed by atoms with Gasteiger partial charge in [-0.05, 0) is 6.07 Å². The number of rotatable bonds is 5. The van der Waals surface area contributed by atoms with Crippen LogP contribution in [0.15, 0.2) is 18.3 Å². The topological polar surface area (TPSA) is 71.5 Å². The minimum atomic E-state index is -4.56. The molecule has 7 nitrogen and oxygen atoms in total. The van der Waals surface area contributed by atoms with E-state index in [4.69, 9.17) is 21.1 Å². The molecule has 11 heteroatoms. The molecule has 0 atom stereocenters. The van der Waals surface area contributed by atoms with E-state index in [9.17, 15) is 13.2 Å². The summed E-state index contributed by atoms with van der Waals surface area (Å²) in [5.41, 5.74) is 0.273. The van der Waals surface area contributed by atoms with Crippen LogP contribution in [-0.4, -0.2) is 50.4 Å². The maximum absolute atomic E-state index is 13.0. The first-order valence-electron chi connectivity index (χ1n) is 8.42. The van der Waals surface area contributed by atoms with Crippen molar-refractivity contribution in [1.82, 2.24) is 9.97 Å². The van der Waals surface area contributed by atoms with E-state index in [0.29, 0.717) is 49.0 Å². The standard InChI is InChI=1S/C17H19ClF3N5O2/c1-22-15-10(17(19,20)21)9-23-16(25-15)24-12-8-14(27-2)13(7-11(12)18)26-3-5-28-6-4-26/h7-9H,3-6H2,1-2H3,(H2,22,23,24,25). The number of morpholine rings is 1. The predicted molar refractivity (Wildman–Crippen MR) is 101 cm³/mol. The molecule has 0 saturated carbocycles. The molecule has 1 aromatic heterocycles. The van der Waals surface area contributed by atoms with Gasteiger partial charge in [0.15, 0.2) is 0 Å². The number of nitrogens with zero attached hydrogens (tertiary/aromatic N) is 3. The number of anilines is 4. The van der Waals surface area contributed by atoms with Crippen molar-refractivity contribution in [2.24, 2.45) is 0 Å². The molecule has 0 aliphatic carbocycles. The van der Waals surface area contributed by atoms with Crippen LogP contribution in [0, 0.1) is 0 Å². The summed E-state index contributed by atoms with van der Waals surface area (Å²) in [6.07, 6.45) is -3.84. The zero-order chi connectivity index (χ0) is 20.3. The largest absolute Gasteiger partial charge is 0.495 e. The molecule has 2 heterocycles. The fraction of sp³-hybridized carbons (Fsp3) is 0.412. The van der Waals surface area contributed by atoms with E-state index >= 15 is 0 Å². The molecule has 1 aliphatic rings. The van der Waals surface area contributed by atoms with Gasteiger partial charge >= 0.3 is 6.18 Å². The van der Waals surface area contributed by atoms with Crippen LogP contribution in [0.5, 0.6) is 5.75 Å². The Morgan fingerprint density at radius 3 is 2.57 bits per heavy atom. The number of alkyl halides is 3. The monoisotopic (exact) mass is 417 g/mol. The van der Waals surface area contributed by atoms with Crippen molar-refractivity contribution in [2.45, 2.75) is 6.18 Å². The van der Waals surface area contributed by atoms with Gasteiger partial charge in [0, 0.05) is 32.4 Å². The Morgan fingerprint density at radius 2 is 1.96 bits per heavy atom. The van der Waals surface area contributed by atoms with Gasteiger partial charge in [0.1, 0.15) is 17.1 Å². The Labute approximate surface area is 164 Å². The lowest BCUT2D eigenvalue weighted by Gasteiger charge is -2.30. The highest BCUT2D eigenvalue weighted by molar-refractivity contribution is 6.33. The maximum atomic E-state index is 13.0. The number of nitrogens with one attached hydrogen (secondary N) is 2. The van der Waals surface area contributed by atoms with Crippen molar-refractivity contribution in [3.8, 4) is 5.75 Å². The lowest BCUT2D eigenvalue weighted by atomic mass is 10.2. The van der Waals surface area contributed by atoms with Crippen molar-refractivity contribution < 1.29 is 22.6 Å². The van der Waals surface area contributed by atoms with Gasteiger partial charge in [-0.15, -0.1) is 0 Å². The number of ether oxygens (including phenoxy) is 2. The first-order valence-corrected chi connectivity index (χ1v) is 8.80. The molecule has 1 saturated heterocycles. The fourth-order valence-electron chi connectivity index (χ4n) is 2.81. The smallest absolute Gasteiger partial charge is 0.421 e. The van der Waals surface area contributed by atoms with E-state index in [1.54, 1.807) is 12.1 Å². The highest BCUT2D eigenvalue weighted by Gasteiger charge is 2.35. The highest BCUT2D eigenvalue weighted by atomic mass is 35.5. The van der Waals surface area contributed by atoms with Crippen LogP contribution in [0.4, 0.5) is 36.3 Å². The van der Waals surface area contributed by atoms with Crippen molar-refractivity contribution in [2.75, 3.05) is 56.0 Å². The molecule has 0 bridgehead atoms. The molecule has 0 radical (unpaired) electrons. The summed E-state index contributed by atoms with van der Waals surface area (Å²) in [5, 5.41) is 5.63. The predicted octanol–water partition coefficient (Wildman–Crippen LogP) is 3.78. The molecule has 1 aromatic carbocycles. The SMILES string of the molecule is CNc1nc(Nc2cc(OC)c(N3CCOCC3)cc2Cl)ncc1C(F)(F)F. The fourth-order valence-corrected chi connectivity index (χ4v) is 3.02. The highest BCUT2D eigenvalue weighted by Crippen LogP contribution is 2.39. The van der Waals surface area contributed by atoms with Gasteiger partial charge in [-0.2, -0.15) is 18.2 Å². The minimum absolute atomic E-state index is 0.0274. The molecule has 2 aromatic rings. The Balaban J connectivity index is 1.90. The van der Waals surface area contributed by atoms with Crippen LogP contribution < -0.4 is 20.3 Å². The van der Waals surface area contributed by atoms with Crippen LogP contribution in [0.3, 0.4) is 0 Å². The first kappa shape index (κ1) is 20.3. The second kappa shape index (κ2) is 8.27. The van der Waals surface area contributed by atoms with E-state index in [1.165, 1.54) is 14.2 Å². The third-order valence-electron chi connectivity index (χ3n) is 4.20. The summed E-state index contributed by atoms with van der Waals surface area (Å²) in [4.78, 5) is 9.72. The molecule has 3 rings (SSSR count). The van der Waals surface area contributed by atoms with E-state index in [1.807, 2.05) is 0 Å². The molecule has 0 amide bonds. The minimum Gasteiger partial charge on any atom is -0.495 e. The van der Waals surface area contributed by atoms with Gasteiger partial charge < -0.3 is 25.0 Å². The number of halogens is 4. The van der Waals surface area contributed by atoms with Crippen molar-refractivity contribution in [3.63, 3.8) is 0 Å². The van der Waals surface area contributed by atoms with Gasteiger partial charge in [0.25, 0.3) is 0 Å².